The number of carbonyl (C=O) groups is 1. The van der Waals surface area contributed by atoms with Crippen LogP contribution >= 0.6 is 0 Å². The molecule has 1 heterocycles. The Morgan fingerprint density at radius 3 is 2.48 bits per heavy atom. The minimum Gasteiger partial charge on any atom is -0.491 e. The van der Waals surface area contributed by atoms with Crippen molar-refractivity contribution in [3.63, 3.8) is 0 Å². The zero-order valence-electron chi connectivity index (χ0n) is 14.4. The number of ether oxygens (including phenoxy) is 4. The van der Waals surface area contributed by atoms with E-state index >= 15 is 0 Å². The van der Waals surface area contributed by atoms with E-state index in [2.05, 4.69) is 0 Å². The molecule has 0 aliphatic carbocycles. The van der Waals surface area contributed by atoms with Crippen molar-refractivity contribution in [3.8, 4) is 5.75 Å². The summed E-state index contributed by atoms with van der Waals surface area (Å²) in [6.07, 6.45) is -0.0921. The van der Waals surface area contributed by atoms with Gasteiger partial charge in [0, 0.05) is 0 Å². The van der Waals surface area contributed by atoms with Crippen LogP contribution in [0.1, 0.15) is 29.8 Å². The van der Waals surface area contributed by atoms with Crippen molar-refractivity contribution in [2.45, 2.75) is 32.3 Å². The number of esters is 1. The lowest BCUT2D eigenvalue weighted by atomic mass is 10.2. The lowest BCUT2D eigenvalue weighted by Crippen LogP contribution is -2.25. The van der Waals surface area contributed by atoms with E-state index in [1.165, 1.54) is 0 Å². The fourth-order valence-electron chi connectivity index (χ4n) is 2.53. The van der Waals surface area contributed by atoms with Crippen molar-refractivity contribution < 1.29 is 23.7 Å². The van der Waals surface area contributed by atoms with Gasteiger partial charge in [-0.3, -0.25) is 0 Å². The Labute approximate surface area is 147 Å². The van der Waals surface area contributed by atoms with E-state index in [9.17, 15) is 4.79 Å². The fourth-order valence-corrected chi connectivity index (χ4v) is 2.53. The summed E-state index contributed by atoms with van der Waals surface area (Å²) >= 11 is 0. The van der Waals surface area contributed by atoms with Crippen LogP contribution in [-0.2, 0) is 20.8 Å². The first-order valence-electron chi connectivity index (χ1n) is 8.27. The maximum absolute atomic E-state index is 12.1. The lowest BCUT2D eigenvalue weighted by Gasteiger charge is -2.17. The maximum atomic E-state index is 12.1. The van der Waals surface area contributed by atoms with Crippen molar-refractivity contribution in [2.75, 3.05) is 13.2 Å². The van der Waals surface area contributed by atoms with Gasteiger partial charge in [-0.15, -0.1) is 0 Å². The molecule has 5 heteroatoms. The van der Waals surface area contributed by atoms with Crippen LogP contribution in [0.2, 0.25) is 0 Å². The Balaban J connectivity index is 1.47. The van der Waals surface area contributed by atoms with E-state index in [1.807, 2.05) is 44.2 Å². The van der Waals surface area contributed by atoms with Gasteiger partial charge in [0.15, 0.2) is 5.79 Å². The van der Waals surface area contributed by atoms with Crippen molar-refractivity contribution in [3.05, 3.63) is 65.7 Å². The molecule has 5 nitrogen and oxygen atoms in total. The van der Waals surface area contributed by atoms with Crippen LogP contribution in [0.15, 0.2) is 54.6 Å². The number of hydrogen-bond acceptors (Lipinski definition) is 5. The largest absolute Gasteiger partial charge is 0.491 e. The molecular formula is C20H22O5. The van der Waals surface area contributed by atoms with Gasteiger partial charge in [0.2, 0.25) is 0 Å². The van der Waals surface area contributed by atoms with Crippen LogP contribution in [0.25, 0.3) is 0 Å². The highest BCUT2D eigenvalue weighted by atomic mass is 16.7. The summed E-state index contributed by atoms with van der Waals surface area (Å²) < 4.78 is 22.2. The molecule has 0 N–H and O–H groups in total. The molecule has 0 unspecified atom stereocenters. The summed E-state index contributed by atoms with van der Waals surface area (Å²) in [5.41, 5.74) is 1.45. The average Bonchev–Trinajstić information content (AvgIpc) is 2.98. The SMILES string of the molecule is CC1(C)OC[C@@H](COc2ccc(C(=O)OCc3ccccc3)cc2)O1. The number of hydrogen-bond donors (Lipinski definition) is 0. The molecule has 1 aliphatic heterocycles. The lowest BCUT2D eigenvalue weighted by molar-refractivity contribution is -0.141. The molecule has 3 rings (SSSR count). The van der Waals surface area contributed by atoms with Gasteiger partial charge in [0.1, 0.15) is 25.1 Å². The van der Waals surface area contributed by atoms with Gasteiger partial charge in [-0.1, -0.05) is 30.3 Å². The third-order valence-electron chi connectivity index (χ3n) is 3.81. The van der Waals surface area contributed by atoms with Crippen LogP contribution in [0, 0.1) is 0 Å². The van der Waals surface area contributed by atoms with E-state index in [4.69, 9.17) is 18.9 Å². The average molecular weight is 342 g/mol. The topological polar surface area (TPSA) is 54.0 Å². The van der Waals surface area contributed by atoms with E-state index in [-0.39, 0.29) is 18.7 Å². The van der Waals surface area contributed by atoms with Gasteiger partial charge in [-0.25, -0.2) is 4.79 Å². The molecule has 2 aromatic carbocycles. The first kappa shape index (κ1) is 17.5. The summed E-state index contributed by atoms with van der Waals surface area (Å²) in [5.74, 6) is -0.238. The number of benzene rings is 2. The summed E-state index contributed by atoms with van der Waals surface area (Å²) in [4.78, 5) is 12.1. The van der Waals surface area contributed by atoms with E-state index in [0.717, 1.165) is 5.56 Å². The quantitative estimate of drug-likeness (QED) is 0.751. The molecule has 1 aliphatic rings. The van der Waals surface area contributed by atoms with Crippen molar-refractivity contribution in [1.82, 2.24) is 0 Å². The third-order valence-corrected chi connectivity index (χ3v) is 3.81. The van der Waals surface area contributed by atoms with Gasteiger partial charge >= 0.3 is 5.97 Å². The molecule has 0 bridgehead atoms. The summed E-state index contributed by atoms with van der Waals surface area (Å²) in [6.45, 7) is 4.93. The summed E-state index contributed by atoms with van der Waals surface area (Å²) in [7, 11) is 0. The fraction of sp³-hybridized carbons (Fsp3) is 0.350. The first-order valence-corrected chi connectivity index (χ1v) is 8.27. The highest BCUT2D eigenvalue weighted by molar-refractivity contribution is 5.89. The van der Waals surface area contributed by atoms with Gasteiger partial charge in [0.25, 0.3) is 0 Å². The van der Waals surface area contributed by atoms with E-state index < -0.39 is 5.79 Å². The highest BCUT2D eigenvalue weighted by Gasteiger charge is 2.32. The van der Waals surface area contributed by atoms with Crippen LogP contribution in [0.5, 0.6) is 5.75 Å². The van der Waals surface area contributed by atoms with Crippen LogP contribution < -0.4 is 4.74 Å². The Hall–Kier alpha value is -2.37. The second kappa shape index (κ2) is 7.68. The Morgan fingerprint density at radius 2 is 1.84 bits per heavy atom. The first-order chi connectivity index (χ1) is 12.0. The molecule has 0 spiro atoms. The molecule has 1 saturated heterocycles. The predicted octanol–water partition coefficient (Wildman–Crippen LogP) is 3.57. The smallest absolute Gasteiger partial charge is 0.338 e. The monoisotopic (exact) mass is 342 g/mol. The molecule has 132 valence electrons. The molecule has 25 heavy (non-hydrogen) atoms. The third kappa shape index (κ3) is 5.05. The molecule has 1 fully saturated rings. The highest BCUT2D eigenvalue weighted by Crippen LogP contribution is 2.23. The van der Waals surface area contributed by atoms with Crippen molar-refractivity contribution in [2.24, 2.45) is 0 Å². The molecule has 2 aromatic rings. The van der Waals surface area contributed by atoms with E-state index in [0.29, 0.717) is 24.5 Å². The zero-order valence-corrected chi connectivity index (χ0v) is 14.4. The molecule has 0 amide bonds. The van der Waals surface area contributed by atoms with Crippen LogP contribution in [0.3, 0.4) is 0 Å². The van der Waals surface area contributed by atoms with E-state index in [1.54, 1.807) is 24.3 Å². The summed E-state index contributed by atoms with van der Waals surface area (Å²) in [6, 6.07) is 16.5. The van der Waals surface area contributed by atoms with Gasteiger partial charge in [-0.05, 0) is 43.7 Å². The summed E-state index contributed by atoms with van der Waals surface area (Å²) in [5, 5.41) is 0. The van der Waals surface area contributed by atoms with Gasteiger partial charge in [0.05, 0.1) is 12.2 Å². The second-order valence-electron chi connectivity index (χ2n) is 6.35. The van der Waals surface area contributed by atoms with Crippen LogP contribution in [0.4, 0.5) is 0 Å². The standard InChI is InChI=1S/C20H22O5/c1-20(2)24-14-18(25-20)13-22-17-10-8-16(9-11-17)19(21)23-12-15-6-4-3-5-7-15/h3-11,18H,12-14H2,1-2H3/t18-/m1/s1. The molecule has 0 radical (unpaired) electrons. The van der Waals surface area contributed by atoms with Gasteiger partial charge < -0.3 is 18.9 Å². The molecule has 1 atom stereocenters. The maximum Gasteiger partial charge on any atom is 0.338 e. The number of carbonyl (C=O) groups excluding carboxylic acids is 1. The molecule has 0 saturated carbocycles. The molecule has 0 aromatic heterocycles. The zero-order chi connectivity index (χ0) is 17.7. The molecular weight excluding hydrogens is 320 g/mol. The Bertz CT molecular complexity index is 694. The predicted molar refractivity (Wildman–Crippen MR) is 92.4 cm³/mol. The van der Waals surface area contributed by atoms with Gasteiger partial charge in [-0.2, -0.15) is 0 Å². The minimum atomic E-state index is -0.555. The number of rotatable bonds is 6. The second-order valence-corrected chi connectivity index (χ2v) is 6.35. The van der Waals surface area contributed by atoms with Crippen molar-refractivity contribution in [1.29, 1.82) is 0 Å². The Kier molecular flexibility index (Phi) is 5.36. The Morgan fingerprint density at radius 1 is 1.12 bits per heavy atom. The van der Waals surface area contributed by atoms with Crippen molar-refractivity contribution >= 4 is 5.97 Å². The normalized spacial score (nSPS) is 18.7. The van der Waals surface area contributed by atoms with Crippen LogP contribution in [-0.4, -0.2) is 31.1 Å². The minimum absolute atomic E-state index is 0.0921.